The molecular weight excluding hydrogens is 278 g/mol. The van der Waals surface area contributed by atoms with Crippen LogP contribution in [0.15, 0.2) is 24.3 Å². The fourth-order valence-corrected chi connectivity index (χ4v) is 2.01. The molecule has 0 saturated heterocycles. The number of hydrogen-bond acceptors (Lipinski definition) is 3. The zero-order chi connectivity index (χ0) is 16.7. The normalized spacial score (nSPS) is 10.5. The Morgan fingerprint density at radius 2 is 1.64 bits per heavy atom. The molecule has 0 aliphatic heterocycles. The number of hydrogen-bond donors (Lipinski definition) is 1. The van der Waals surface area contributed by atoms with Crippen LogP contribution in [0.1, 0.15) is 27.2 Å². The Balaban J connectivity index is 2.69. The third-order valence-corrected chi connectivity index (χ3v) is 3.40. The van der Waals surface area contributed by atoms with Crippen molar-refractivity contribution in [2.45, 2.75) is 27.2 Å². The molecule has 1 rings (SSSR count). The molecule has 0 bridgehead atoms. The molecule has 0 saturated carbocycles. The van der Waals surface area contributed by atoms with Crippen LogP contribution in [0.3, 0.4) is 0 Å². The molecule has 1 N–H and O–H groups in total. The summed E-state index contributed by atoms with van der Waals surface area (Å²) in [7, 11) is 3.92. The predicted molar refractivity (Wildman–Crippen MR) is 91.3 cm³/mol. The molecule has 1 aromatic rings. The number of nitrogens with one attached hydrogen (secondary N) is 1. The zero-order valence-corrected chi connectivity index (χ0v) is 14.2. The number of carbonyl (C=O) groups excluding carboxylic acids is 2. The summed E-state index contributed by atoms with van der Waals surface area (Å²) in [5.74, 6) is 0.270. The Hall–Kier alpha value is -2.04. The van der Waals surface area contributed by atoms with Crippen LogP contribution in [-0.2, 0) is 9.59 Å². The maximum absolute atomic E-state index is 12.0. The SMILES string of the molecule is CC(=O)N(CC(=O)NCCC(C)C)c1ccc(N(C)C)cc1. The highest BCUT2D eigenvalue weighted by atomic mass is 16.2. The van der Waals surface area contributed by atoms with Crippen LogP contribution in [0.5, 0.6) is 0 Å². The van der Waals surface area contributed by atoms with Crippen molar-refractivity contribution in [3.63, 3.8) is 0 Å². The average Bonchev–Trinajstić information content (AvgIpc) is 2.44. The van der Waals surface area contributed by atoms with E-state index in [1.165, 1.54) is 11.8 Å². The van der Waals surface area contributed by atoms with Gasteiger partial charge in [0.05, 0.1) is 0 Å². The number of nitrogens with zero attached hydrogens (tertiary/aromatic N) is 2. The summed E-state index contributed by atoms with van der Waals surface area (Å²) in [6.45, 7) is 6.39. The molecule has 0 heterocycles. The number of benzene rings is 1. The van der Waals surface area contributed by atoms with E-state index in [0.717, 1.165) is 17.8 Å². The quantitative estimate of drug-likeness (QED) is 0.841. The number of rotatable bonds is 7. The molecule has 5 heteroatoms. The molecular formula is C17H27N3O2. The van der Waals surface area contributed by atoms with Crippen molar-refractivity contribution in [1.82, 2.24) is 5.32 Å². The van der Waals surface area contributed by atoms with Crippen molar-refractivity contribution in [1.29, 1.82) is 0 Å². The topological polar surface area (TPSA) is 52.7 Å². The highest BCUT2D eigenvalue weighted by molar-refractivity contribution is 5.97. The monoisotopic (exact) mass is 305 g/mol. The first kappa shape index (κ1) is 18.0. The lowest BCUT2D eigenvalue weighted by Gasteiger charge is -2.22. The van der Waals surface area contributed by atoms with Crippen molar-refractivity contribution in [2.24, 2.45) is 5.92 Å². The third-order valence-electron chi connectivity index (χ3n) is 3.40. The summed E-state index contributed by atoms with van der Waals surface area (Å²) in [5, 5.41) is 2.86. The number of anilines is 2. The standard InChI is InChI=1S/C17H27N3O2/c1-13(2)10-11-18-17(22)12-20(14(3)21)16-8-6-15(7-9-16)19(4)5/h6-9,13H,10-12H2,1-5H3,(H,18,22). The van der Waals surface area contributed by atoms with Gasteiger partial charge < -0.3 is 15.1 Å². The second-order valence-corrected chi connectivity index (χ2v) is 6.05. The lowest BCUT2D eigenvalue weighted by atomic mass is 10.1. The van der Waals surface area contributed by atoms with Crippen LogP contribution in [0.2, 0.25) is 0 Å². The van der Waals surface area contributed by atoms with Gasteiger partial charge in [0.1, 0.15) is 6.54 Å². The maximum atomic E-state index is 12.0. The largest absolute Gasteiger partial charge is 0.378 e. The van der Waals surface area contributed by atoms with Gasteiger partial charge in [-0.2, -0.15) is 0 Å². The Bertz CT molecular complexity index is 495. The summed E-state index contributed by atoms with van der Waals surface area (Å²) in [5.41, 5.74) is 1.78. The molecule has 0 radical (unpaired) electrons. The molecule has 1 aromatic carbocycles. The molecule has 122 valence electrons. The number of carbonyl (C=O) groups is 2. The predicted octanol–water partition coefficient (Wildman–Crippen LogP) is 2.27. The van der Waals surface area contributed by atoms with Gasteiger partial charge in [0.2, 0.25) is 11.8 Å². The van der Waals surface area contributed by atoms with E-state index >= 15 is 0 Å². The van der Waals surface area contributed by atoms with Crippen LogP contribution in [-0.4, -0.2) is 39.0 Å². The van der Waals surface area contributed by atoms with Gasteiger partial charge in [-0.05, 0) is 36.6 Å². The van der Waals surface area contributed by atoms with Gasteiger partial charge in [0, 0.05) is 38.9 Å². The van der Waals surface area contributed by atoms with E-state index in [4.69, 9.17) is 0 Å². The fourth-order valence-electron chi connectivity index (χ4n) is 2.01. The Labute approximate surface area is 133 Å². The third kappa shape index (κ3) is 5.76. The smallest absolute Gasteiger partial charge is 0.240 e. The summed E-state index contributed by atoms with van der Waals surface area (Å²) in [6.07, 6.45) is 0.934. The van der Waals surface area contributed by atoms with E-state index in [9.17, 15) is 9.59 Å². The second-order valence-electron chi connectivity index (χ2n) is 6.05. The summed E-state index contributed by atoms with van der Waals surface area (Å²) < 4.78 is 0. The average molecular weight is 305 g/mol. The molecule has 0 atom stereocenters. The van der Waals surface area contributed by atoms with E-state index in [-0.39, 0.29) is 18.4 Å². The minimum absolute atomic E-state index is 0.0503. The summed E-state index contributed by atoms with van der Waals surface area (Å²) >= 11 is 0. The van der Waals surface area contributed by atoms with Gasteiger partial charge >= 0.3 is 0 Å². The van der Waals surface area contributed by atoms with E-state index < -0.39 is 0 Å². The Kier molecular flexibility index (Phi) is 6.89. The molecule has 0 spiro atoms. The first-order valence-corrected chi connectivity index (χ1v) is 7.63. The van der Waals surface area contributed by atoms with Crippen molar-refractivity contribution in [2.75, 3.05) is 37.0 Å². The fraction of sp³-hybridized carbons (Fsp3) is 0.529. The van der Waals surface area contributed by atoms with E-state index in [0.29, 0.717) is 12.5 Å². The highest BCUT2D eigenvalue weighted by Crippen LogP contribution is 2.19. The lowest BCUT2D eigenvalue weighted by molar-refractivity contribution is -0.123. The first-order valence-electron chi connectivity index (χ1n) is 7.63. The second kappa shape index (κ2) is 8.41. The van der Waals surface area contributed by atoms with Crippen molar-refractivity contribution >= 4 is 23.2 Å². The molecule has 5 nitrogen and oxygen atoms in total. The van der Waals surface area contributed by atoms with Gasteiger partial charge in [-0.3, -0.25) is 9.59 Å². The summed E-state index contributed by atoms with van der Waals surface area (Å²) in [4.78, 5) is 27.3. The lowest BCUT2D eigenvalue weighted by Crippen LogP contribution is -2.40. The van der Waals surface area contributed by atoms with Crippen LogP contribution in [0, 0.1) is 5.92 Å². The van der Waals surface area contributed by atoms with Crippen molar-refractivity contribution < 1.29 is 9.59 Å². The van der Waals surface area contributed by atoms with Crippen LogP contribution < -0.4 is 15.1 Å². The van der Waals surface area contributed by atoms with Gasteiger partial charge in [-0.15, -0.1) is 0 Å². The molecule has 0 unspecified atom stereocenters. The van der Waals surface area contributed by atoms with Crippen LogP contribution in [0.4, 0.5) is 11.4 Å². The Morgan fingerprint density at radius 1 is 1.09 bits per heavy atom. The van der Waals surface area contributed by atoms with Crippen molar-refractivity contribution in [3.05, 3.63) is 24.3 Å². The van der Waals surface area contributed by atoms with E-state index in [1.807, 2.05) is 43.3 Å². The van der Waals surface area contributed by atoms with Crippen LogP contribution >= 0.6 is 0 Å². The van der Waals surface area contributed by atoms with Gasteiger partial charge in [-0.25, -0.2) is 0 Å². The van der Waals surface area contributed by atoms with E-state index in [2.05, 4.69) is 19.2 Å². The molecule has 0 aliphatic carbocycles. The molecule has 0 aliphatic rings. The van der Waals surface area contributed by atoms with Crippen LogP contribution in [0.25, 0.3) is 0 Å². The molecule has 0 fully saturated rings. The Morgan fingerprint density at radius 3 is 2.09 bits per heavy atom. The first-order chi connectivity index (χ1) is 10.3. The molecule has 22 heavy (non-hydrogen) atoms. The molecule has 2 amide bonds. The minimum Gasteiger partial charge on any atom is -0.378 e. The maximum Gasteiger partial charge on any atom is 0.240 e. The minimum atomic E-state index is -0.142. The van der Waals surface area contributed by atoms with Gasteiger partial charge in [-0.1, -0.05) is 13.8 Å². The highest BCUT2D eigenvalue weighted by Gasteiger charge is 2.15. The number of amides is 2. The van der Waals surface area contributed by atoms with Crippen molar-refractivity contribution in [3.8, 4) is 0 Å². The van der Waals surface area contributed by atoms with Gasteiger partial charge in [0.25, 0.3) is 0 Å². The van der Waals surface area contributed by atoms with Gasteiger partial charge in [0.15, 0.2) is 0 Å². The summed E-state index contributed by atoms with van der Waals surface area (Å²) in [6, 6.07) is 7.58. The molecule has 0 aromatic heterocycles. The van der Waals surface area contributed by atoms with E-state index in [1.54, 1.807) is 0 Å². The zero-order valence-electron chi connectivity index (χ0n) is 14.2.